The van der Waals surface area contributed by atoms with Crippen molar-refractivity contribution >= 4 is 29.7 Å². The van der Waals surface area contributed by atoms with Crippen LogP contribution in [0.3, 0.4) is 0 Å². The number of carbonyl (C=O) groups excluding carboxylic acids is 3. The molecular weight excluding hydrogens is 270 g/mol. The van der Waals surface area contributed by atoms with Crippen LogP contribution in [0.5, 0.6) is 0 Å². The molecule has 1 unspecified atom stereocenters. The maximum atomic E-state index is 12.0. The fourth-order valence-electron chi connectivity index (χ4n) is 1.49. The van der Waals surface area contributed by atoms with Crippen LogP contribution in [0, 0.1) is 0 Å². The molecule has 0 radical (unpaired) electrons. The van der Waals surface area contributed by atoms with Crippen molar-refractivity contribution in [3.8, 4) is 0 Å². The van der Waals surface area contributed by atoms with E-state index in [9.17, 15) is 14.4 Å². The molecule has 1 fully saturated rings. The lowest BCUT2D eigenvalue weighted by Crippen LogP contribution is -2.52. The molecule has 1 aliphatic rings. The van der Waals surface area contributed by atoms with Gasteiger partial charge in [0.05, 0.1) is 12.0 Å². The summed E-state index contributed by atoms with van der Waals surface area (Å²) in [7, 11) is 0. The monoisotopic (exact) mass is 289 g/mol. The normalized spacial score (nSPS) is 20.2. The highest BCUT2D eigenvalue weighted by Crippen LogP contribution is 2.22. The Bertz CT molecular complexity index is 375. The first-order valence-corrected chi connectivity index (χ1v) is 7.13. The van der Waals surface area contributed by atoms with Gasteiger partial charge in [0, 0.05) is 5.75 Å². The Morgan fingerprint density at radius 3 is 2.53 bits per heavy atom. The summed E-state index contributed by atoms with van der Waals surface area (Å²) in [5.74, 6) is -0.133. The Kier molecular flexibility index (Phi) is 5.46. The standard InChI is InChI=1S/C11H19N3O4S/c1-6(2)18-11(17)14-5-19-4-8(14)10(16)13-7(3)9(12)15/h6-8H,4-5H2,1-3H3,(H2,12,15)(H,13,16)/t7?,8-/m0/s1. The van der Waals surface area contributed by atoms with Crippen molar-refractivity contribution in [2.24, 2.45) is 5.73 Å². The van der Waals surface area contributed by atoms with Gasteiger partial charge in [-0.2, -0.15) is 0 Å². The Labute approximate surface area is 116 Å². The van der Waals surface area contributed by atoms with Gasteiger partial charge in [-0.1, -0.05) is 0 Å². The van der Waals surface area contributed by atoms with E-state index in [-0.39, 0.29) is 6.10 Å². The molecule has 1 heterocycles. The molecule has 3 amide bonds. The molecule has 108 valence electrons. The molecular formula is C11H19N3O4S. The molecule has 0 bridgehead atoms. The number of hydrogen-bond donors (Lipinski definition) is 2. The zero-order valence-corrected chi connectivity index (χ0v) is 12.0. The lowest BCUT2D eigenvalue weighted by Gasteiger charge is -2.24. The molecule has 1 aliphatic heterocycles. The average Bonchev–Trinajstić information content (AvgIpc) is 2.76. The number of hydrogen-bond acceptors (Lipinski definition) is 5. The molecule has 19 heavy (non-hydrogen) atoms. The Hall–Kier alpha value is -1.44. The highest BCUT2D eigenvalue weighted by molar-refractivity contribution is 7.99. The number of thioether (sulfide) groups is 1. The van der Waals surface area contributed by atoms with E-state index in [1.165, 1.54) is 23.6 Å². The van der Waals surface area contributed by atoms with Crippen LogP contribution in [-0.4, -0.2) is 52.6 Å². The highest BCUT2D eigenvalue weighted by Gasteiger charge is 2.36. The summed E-state index contributed by atoms with van der Waals surface area (Å²) < 4.78 is 5.07. The zero-order chi connectivity index (χ0) is 14.6. The van der Waals surface area contributed by atoms with Gasteiger partial charge in [0.1, 0.15) is 12.1 Å². The minimum absolute atomic E-state index is 0.244. The average molecular weight is 289 g/mol. The number of ether oxygens (including phenoxy) is 1. The summed E-state index contributed by atoms with van der Waals surface area (Å²) in [6.45, 7) is 4.98. The minimum Gasteiger partial charge on any atom is -0.447 e. The van der Waals surface area contributed by atoms with Crippen LogP contribution >= 0.6 is 11.8 Å². The molecule has 3 N–H and O–H groups in total. The van der Waals surface area contributed by atoms with E-state index < -0.39 is 30.0 Å². The van der Waals surface area contributed by atoms with Crippen molar-refractivity contribution in [3.63, 3.8) is 0 Å². The molecule has 0 aromatic heterocycles. The van der Waals surface area contributed by atoms with Gasteiger partial charge in [-0.05, 0) is 20.8 Å². The molecule has 1 saturated heterocycles. The van der Waals surface area contributed by atoms with Crippen LogP contribution < -0.4 is 11.1 Å². The number of primary amides is 1. The van der Waals surface area contributed by atoms with E-state index in [2.05, 4.69) is 5.32 Å². The van der Waals surface area contributed by atoms with E-state index in [0.29, 0.717) is 11.6 Å². The topological polar surface area (TPSA) is 102 Å². The van der Waals surface area contributed by atoms with E-state index in [0.717, 1.165) is 0 Å². The van der Waals surface area contributed by atoms with Crippen molar-refractivity contribution in [1.29, 1.82) is 0 Å². The SMILES string of the molecule is CC(C)OC(=O)N1CSC[C@H]1C(=O)NC(C)C(N)=O. The smallest absolute Gasteiger partial charge is 0.411 e. The summed E-state index contributed by atoms with van der Waals surface area (Å²) in [6, 6.07) is -1.39. The van der Waals surface area contributed by atoms with Crippen molar-refractivity contribution in [2.45, 2.75) is 39.0 Å². The van der Waals surface area contributed by atoms with E-state index in [1.54, 1.807) is 13.8 Å². The lowest BCUT2D eigenvalue weighted by atomic mass is 10.2. The highest BCUT2D eigenvalue weighted by atomic mass is 32.2. The summed E-state index contributed by atoms with van der Waals surface area (Å²) in [4.78, 5) is 36.1. The Balaban J connectivity index is 2.63. The van der Waals surface area contributed by atoms with Gasteiger partial charge in [0.2, 0.25) is 11.8 Å². The van der Waals surface area contributed by atoms with Gasteiger partial charge in [0.15, 0.2) is 0 Å². The summed E-state index contributed by atoms with van der Waals surface area (Å²) in [5, 5.41) is 2.48. The third-order valence-electron chi connectivity index (χ3n) is 2.54. The molecule has 2 atom stereocenters. The molecule has 0 spiro atoms. The number of nitrogens with two attached hydrogens (primary N) is 1. The Morgan fingerprint density at radius 1 is 1.37 bits per heavy atom. The maximum Gasteiger partial charge on any atom is 0.411 e. The number of rotatable bonds is 4. The van der Waals surface area contributed by atoms with Crippen LogP contribution in [0.15, 0.2) is 0 Å². The Morgan fingerprint density at radius 2 is 2.00 bits per heavy atom. The molecule has 1 rings (SSSR count). The quantitative estimate of drug-likeness (QED) is 0.752. The second-order valence-electron chi connectivity index (χ2n) is 4.55. The van der Waals surface area contributed by atoms with Crippen LogP contribution in [0.25, 0.3) is 0 Å². The molecule has 0 aromatic carbocycles. The van der Waals surface area contributed by atoms with Gasteiger partial charge in [-0.15, -0.1) is 11.8 Å². The van der Waals surface area contributed by atoms with E-state index in [1.807, 2.05) is 0 Å². The second kappa shape index (κ2) is 6.65. The lowest BCUT2D eigenvalue weighted by molar-refractivity contribution is -0.129. The predicted octanol–water partition coefficient (Wildman–Crippen LogP) is -0.104. The largest absolute Gasteiger partial charge is 0.447 e. The van der Waals surface area contributed by atoms with Crippen molar-refractivity contribution in [2.75, 3.05) is 11.6 Å². The third kappa shape index (κ3) is 4.30. The van der Waals surface area contributed by atoms with Gasteiger partial charge in [-0.3, -0.25) is 14.5 Å². The van der Waals surface area contributed by atoms with Crippen molar-refractivity contribution < 1.29 is 19.1 Å². The van der Waals surface area contributed by atoms with Gasteiger partial charge in [-0.25, -0.2) is 4.79 Å². The summed E-state index contributed by atoms with van der Waals surface area (Å²) in [5.41, 5.74) is 5.08. The first-order valence-electron chi connectivity index (χ1n) is 5.97. The number of carbonyl (C=O) groups is 3. The first-order chi connectivity index (χ1) is 8.82. The minimum atomic E-state index is -0.763. The third-order valence-corrected chi connectivity index (χ3v) is 3.55. The molecule has 8 heteroatoms. The van der Waals surface area contributed by atoms with Gasteiger partial charge < -0.3 is 15.8 Å². The van der Waals surface area contributed by atoms with Crippen LogP contribution in [0.2, 0.25) is 0 Å². The number of amides is 3. The number of nitrogens with zero attached hydrogens (tertiary/aromatic N) is 1. The van der Waals surface area contributed by atoms with Gasteiger partial charge in [0.25, 0.3) is 0 Å². The molecule has 0 aliphatic carbocycles. The fourth-order valence-corrected chi connectivity index (χ4v) is 2.63. The second-order valence-corrected chi connectivity index (χ2v) is 5.55. The van der Waals surface area contributed by atoms with E-state index >= 15 is 0 Å². The first kappa shape index (κ1) is 15.6. The van der Waals surface area contributed by atoms with Crippen LogP contribution in [-0.2, 0) is 14.3 Å². The molecule has 7 nitrogen and oxygen atoms in total. The number of nitrogens with one attached hydrogen (secondary N) is 1. The molecule has 0 aromatic rings. The summed E-state index contributed by atoms with van der Waals surface area (Å²) >= 11 is 1.46. The van der Waals surface area contributed by atoms with E-state index in [4.69, 9.17) is 10.5 Å². The molecule has 0 saturated carbocycles. The maximum absolute atomic E-state index is 12.0. The summed E-state index contributed by atoms with van der Waals surface area (Å²) in [6.07, 6.45) is -0.766. The fraction of sp³-hybridized carbons (Fsp3) is 0.727. The van der Waals surface area contributed by atoms with Crippen LogP contribution in [0.4, 0.5) is 4.79 Å². The van der Waals surface area contributed by atoms with Gasteiger partial charge >= 0.3 is 6.09 Å². The zero-order valence-electron chi connectivity index (χ0n) is 11.2. The van der Waals surface area contributed by atoms with Crippen molar-refractivity contribution in [3.05, 3.63) is 0 Å². The van der Waals surface area contributed by atoms with Crippen LogP contribution in [0.1, 0.15) is 20.8 Å². The van der Waals surface area contributed by atoms with Crippen molar-refractivity contribution in [1.82, 2.24) is 10.2 Å². The predicted molar refractivity (Wildman–Crippen MR) is 71.4 cm³/mol.